The number of aromatic nitrogens is 2. The standard InChI is InChI=1S/C28H35N5O/c1-22-8-6-11-25(18-22)26-19-30-28(31-20-26)33-16-12-24(13-17-33)27(34)29-14-7-15-32(2)21-23-9-4-3-5-10-23/h3-6,8-11,18-20,24H,7,12-17,21H2,1-2H3,(H,29,34). The molecule has 0 saturated carbocycles. The van der Waals surface area contributed by atoms with Gasteiger partial charge in [-0.05, 0) is 50.9 Å². The zero-order chi connectivity index (χ0) is 23.8. The number of nitrogens with zero attached hydrogens (tertiary/aromatic N) is 4. The van der Waals surface area contributed by atoms with E-state index in [0.717, 1.165) is 69.1 Å². The summed E-state index contributed by atoms with van der Waals surface area (Å²) in [6, 6.07) is 18.8. The third-order valence-electron chi connectivity index (χ3n) is 6.45. The first-order valence-electron chi connectivity index (χ1n) is 12.2. The van der Waals surface area contributed by atoms with Crippen molar-refractivity contribution >= 4 is 11.9 Å². The van der Waals surface area contributed by atoms with Gasteiger partial charge in [-0.2, -0.15) is 0 Å². The first kappa shape index (κ1) is 23.9. The largest absolute Gasteiger partial charge is 0.356 e. The number of carbonyl (C=O) groups is 1. The average Bonchev–Trinajstić information content (AvgIpc) is 2.87. The van der Waals surface area contributed by atoms with E-state index in [1.165, 1.54) is 11.1 Å². The van der Waals surface area contributed by atoms with Gasteiger partial charge in [0.05, 0.1) is 0 Å². The molecule has 0 radical (unpaired) electrons. The van der Waals surface area contributed by atoms with Gasteiger partial charge >= 0.3 is 0 Å². The number of anilines is 1. The van der Waals surface area contributed by atoms with Crippen LogP contribution < -0.4 is 10.2 Å². The van der Waals surface area contributed by atoms with Crippen LogP contribution in [0.15, 0.2) is 67.0 Å². The summed E-state index contributed by atoms with van der Waals surface area (Å²) in [6.07, 6.45) is 6.41. The van der Waals surface area contributed by atoms with Crippen molar-refractivity contribution in [3.8, 4) is 11.1 Å². The fraction of sp³-hybridized carbons (Fsp3) is 0.393. The second-order valence-corrected chi connectivity index (χ2v) is 9.27. The quantitative estimate of drug-likeness (QED) is 0.485. The molecule has 0 spiro atoms. The van der Waals surface area contributed by atoms with E-state index in [-0.39, 0.29) is 11.8 Å². The highest BCUT2D eigenvalue weighted by molar-refractivity contribution is 5.78. The average molecular weight is 458 g/mol. The van der Waals surface area contributed by atoms with Crippen LogP contribution in [0.25, 0.3) is 11.1 Å². The van der Waals surface area contributed by atoms with E-state index in [1.807, 2.05) is 18.5 Å². The van der Waals surface area contributed by atoms with Gasteiger partial charge in [-0.3, -0.25) is 4.79 Å². The van der Waals surface area contributed by atoms with E-state index in [9.17, 15) is 4.79 Å². The van der Waals surface area contributed by atoms with Gasteiger partial charge in [-0.1, -0.05) is 60.2 Å². The van der Waals surface area contributed by atoms with Crippen LogP contribution in [-0.2, 0) is 11.3 Å². The summed E-state index contributed by atoms with van der Waals surface area (Å²) in [4.78, 5) is 26.3. The molecule has 3 aromatic rings. The van der Waals surface area contributed by atoms with Crippen molar-refractivity contribution in [1.29, 1.82) is 0 Å². The molecule has 1 N–H and O–H groups in total. The fourth-order valence-corrected chi connectivity index (χ4v) is 4.48. The molecule has 1 aromatic heterocycles. The number of carbonyl (C=O) groups excluding carboxylic acids is 1. The van der Waals surface area contributed by atoms with Crippen molar-refractivity contribution in [2.24, 2.45) is 5.92 Å². The van der Waals surface area contributed by atoms with Crippen LogP contribution in [0.1, 0.15) is 30.4 Å². The van der Waals surface area contributed by atoms with Crippen molar-refractivity contribution < 1.29 is 4.79 Å². The van der Waals surface area contributed by atoms with Gasteiger partial charge in [0, 0.05) is 50.1 Å². The first-order valence-corrected chi connectivity index (χ1v) is 12.2. The van der Waals surface area contributed by atoms with Crippen molar-refractivity contribution in [1.82, 2.24) is 20.2 Å². The molecule has 4 rings (SSSR count). The van der Waals surface area contributed by atoms with Gasteiger partial charge in [-0.15, -0.1) is 0 Å². The van der Waals surface area contributed by atoms with Crippen molar-refractivity contribution in [3.05, 3.63) is 78.1 Å². The molecule has 6 heteroatoms. The molecule has 1 amide bonds. The monoisotopic (exact) mass is 457 g/mol. The summed E-state index contributed by atoms with van der Waals surface area (Å²) in [7, 11) is 2.13. The molecule has 2 aromatic carbocycles. The fourth-order valence-electron chi connectivity index (χ4n) is 4.48. The summed E-state index contributed by atoms with van der Waals surface area (Å²) < 4.78 is 0. The smallest absolute Gasteiger partial charge is 0.225 e. The van der Waals surface area contributed by atoms with Crippen LogP contribution >= 0.6 is 0 Å². The number of rotatable bonds is 9. The molecule has 0 aliphatic carbocycles. The molecule has 0 bridgehead atoms. The third kappa shape index (κ3) is 6.64. The molecule has 1 aliphatic heterocycles. The highest BCUT2D eigenvalue weighted by Gasteiger charge is 2.25. The SMILES string of the molecule is Cc1cccc(-c2cnc(N3CCC(C(=O)NCCCN(C)Cc4ccccc4)CC3)nc2)c1. The van der Waals surface area contributed by atoms with Crippen LogP contribution in [-0.4, -0.2) is 54.0 Å². The van der Waals surface area contributed by atoms with Crippen LogP contribution in [0.5, 0.6) is 0 Å². The highest BCUT2D eigenvalue weighted by atomic mass is 16.1. The molecule has 0 unspecified atom stereocenters. The summed E-state index contributed by atoms with van der Waals surface area (Å²) in [5.74, 6) is 1.00. The van der Waals surface area contributed by atoms with E-state index in [2.05, 4.69) is 87.6 Å². The zero-order valence-electron chi connectivity index (χ0n) is 20.3. The third-order valence-corrected chi connectivity index (χ3v) is 6.45. The number of benzene rings is 2. The van der Waals surface area contributed by atoms with E-state index >= 15 is 0 Å². The zero-order valence-corrected chi connectivity index (χ0v) is 20.3. The van der Waals surface area contributed by atoms with E-state index in [0.29, 0.717) is 0 Å². The Morgan fingerprint density at radius 2 is 1.76 bits per heavy atom. The number of piperidine rings is 1. The van der Waals surface area contributed by atoms with Crippen LogP contribution in [0, 0.1) is 12.8 Å². The van der Waals surface area contributed by atoms with Gasteiger partial charge < -0.3 is 15.1 Å². The molecule has 178 valence electrons. The minimum atomic E-state index is 0.0739. The number of nitrogens with one attached hydrogen (secondary N) is 1. The summed E-state index contributed by atoms with van der Waals surface area (Å²) >= 11 is 0. The Balaban J connectivity index is 1.17. The van der Waals surface area contributed by atoms with Gasteiger partial charge in [0.2, 0.25) is 11.9 Å². The predicted molar refractivity (Wildman–Crippen MR) is 138 cm³/mol. The van der Waals surface area contributed by atoms with Gasteiger partial charge in [0.25, 0.3) is 0 Å². The Morgan fingerprint density at radius 1 is 1.03 bits per heavy atom. The number of hydrogen-bond acceptors (Lipinski definition) is 5. The Morgan fingerprint density at radius 3 is 2.47 bits per heavy atom. The molecule has 1 saturated heterocycles. The second kappa shape index (κ2) is 11.7. The molecule has 0 atom stereocenters. The maximum Gasteiger partial charge on any atom is 0.225 e. The van der Waals surface area contributed by atoms with Crippen LogP contribution in [0.2, 0.25) is 0 Å². The summed E-state index contributed by atoms with van der Waals surface area (Å²) in [5.41, 5.74) is 4.69. The summed E-state index contributed by atoms with van der Waals surface area (Å²) in [5, 5.41) is 3.14. The van der Waals surface area contributed by atoms with E-state index < -0.39 is 0 Å². The molecule has 6 nitrogen and oxygen atoms in total. The Hall–Kier alpha value is -3.25. The Labute approximate surface area is 203 Å². The van der Waals surface area contributed by atoms with Crippen molar-refractivity contribution in [3.63, 3.8) is 0 Å². The first-order chi connectivity index (χ1) is 16.6. The van der Waals surface area contributed by atoms with Crippen molar-refractivity contribution in [2.75, 3.05) is 38.1 Å². The minimum Gasteiger partial charge on any atom is -0.356 e. The van der Waals surface area contributed by atoms with Gasteiger partial charge in [0.1, 0.15) is 0 Å². The highest BCUT2D eigenvalue weighted by Crippen LogP contribution is 2.23. The normalized spacial score (nSPS) is 14.4. The predicted octanol–water partition coefficient (Wildman–Crippen LogP) is 4.31. The lowest BCUT2D eigenvalue weighted by molar-refractivity contribution is -0.125. The van der Waals surface area contributed by atoms with Gasteiger partial charge in [0.15, 0.2) is 0 Å². The molecular weight excluding hydrogens is 422 g/mol. The van der Waals surface area contributed by atoms with Crippen LogP contribution in [0.4, 0.5) is 5.95 Å². The Bertz CT molecular complexity index is 1050. The number of hydrogen-bond donors (Lipinski definition) is 1. The van der Waals surface area contributed by atoms with E-state index in [1.54, 1.807) is 0 Å². The minimum absolute atomic E-state index is 0.0739. The molecule has 1 fully saturated rings. The lowest BCUT2D eigenvalue weighted by Gasteiger charge is -2.31. The molecule has 34 heavy (non-hydrogen) atoms. The molecule has 1 aliphatic rings. The maximum atomic E-state index is 12.6. The number of amides is 1. The molecular formula is C28H35N5O. The lowest BCUT2D eigenvalue weighted by Crippen LogP contribution is -2.41. The topological polar surface area (TPSA) is 61.4 Å². The van der Waals surface area contributed by atoms with Crippen molar-refractivity contribution in [2.45, 2.75) is 32.7 Å². The Kier molecular flexibility index (Phi) is 8.26. The van der Waals surface area contributed by atoms with Gasteiger partial charge in [-0.25, -0.2) is 9.97 Å². The molecule has 2 heterocycles. The number of aryl methyl sites for hydroxylation is 1. The van der Waals surface area contributed by atoms with E-state index in [4.69, 9.17) is 0 Å². The maximum absolute atomic E-state index is 12.6. The lowest BCUT2D eigenvalue weighted by atomic mass is 9.96. The second-order valence-electron chi connectivity index (χ2n) is 9.27. The summed E-state index contributed by atoms with van der Waals surface area (Å²) in [6.45, 7) is 6.32. The van der Waals surface area contributed by atoms with Crippen LogP contribution in [0.3, 0.4) is 0 Å².